The molecule has 1 aromatic rings. The first kappa shape index (κ1) is 14.9. The van der Waals surface area contributed by atoms with Gasteiger partial charge in [0.2, 0.25) is 0 Å². The number of carbonyl (C=O) groups is 1. The number of pyridine rings is 1. The Bertz CT molecular complexity index is 393. The number of ether oxygens (including phenoxy) is 1. The third kappa shape index (κ3) is 5.00. The number of nitrogens with one attached hydrogen (secondary N) is 1. The summed E-state index contributed by atoms with van der Waals surface area (Å²) < 4.78 is 4.88. The first-order chi connectivity index (χ1) is 8.44. The van der Waals surface area contributed by atoms with Gasteiger partial charge in [-0.2, -0.15) is 0 Å². The summed E-state index contributed by atoms with van der Waals surface area (Å²) in [4.78, 5) is 15.6. The van der Waals surface area contributed by atoms with Crippen LogP contribution in [0.2, 0.25) is 5.15 Å². The molecule has 0 aliphatic heterocycles. The van der Waals surface area contributed by atoms with Crippen LogP contribution in [0.25, 0.3) is 0 Å². The van der Waals surface area contributed by atoms with Crippen molar-refractivity contribution in [3.05, 3.63) is 29.0 Å². The molecule has 0 saturated heterocycles. The van der Waals surface area contributed by atoms with Gasteiger partial charge in [0.15, 0.2) is 0 Å². The van der Waals surface area contributed by atoms with Crippen LogP contribution in [0.5, 0.6) is 0 Å². The fourth-order valence-electron chi connectivity index (χ4n) is 1.29. The van der Waals surface area contributed by atoms with Crippen LogP contribution >= 0.6 is 11.6 Å². The van der Waals surface area contributed by atoms with Crippen LogP contribution < -0.4 is 5.32 Å². The molecule has 0 aromatic carbocycles. The van der Waals surface area contributed by atoms with Crippen LogP contribution in [0.3, 0.4) is 0 Å². The highest BCUT2D eigenvalue weighted by atomic mass is 35.5. The molecule has 6 heteroatoms. The lowest BCUT2D eigenvalue weighted by molar-refractivity contribution is 0.0243. The predicted octanol–water partition coefficient (Wildman–Crippen LogP) is 1.25. The Morgan fingerprint density at radius 3 is 2.89 bits per heavy atom. The molecule has 1 atom stereocenters. The minimum atomic E-state index is -0.995. The Morgan fingerprint density at radius 2 is 2.33 bits per heavy atom. The second kappa shape index (κ2) is 6.68. The SMILES string of the molecule is COCCC(C)(O)CNC(=O)c1ccc(Cl)nc1. The fraction of sp³-hybridized carbons (Fsp3) is 0.500. The van der Waals surface area contributed by atoms with Gasteiger partial charge in [0.05, 0.1) is 11.2 Å². The molecule has 1 rings (SSSR count). The molecule has 100 valence electrons. The first-order valence-corrected chi connectivity index (χ1v) is 5.93. The van der Waals surface area contributed by atoms with Crippen molar-refractivity contribution in [3.8, 4) is 0 Å². The van der Waals surface area contributed by atoms with Gasteiger partial charge in [-0.15, -0.1) is 0 Å². The maximum absolute atomic E-state index is 11.7. The number of aliphatic hydroxyl groups is 1. The van der Waals surface area contributed by atoms with Crippen LogP contribution in [0.1, 0.15) is 23.7 Å². The van der Waals surface area contributed by atoms with Crippen molar-refractivity contribution >= 4 is 17.5 Å². The van der Waals surface area contributed by atoms with E-state index in [9.17, 15) is 9.90 Å². The summed E-state index contributed by atoms with van der Waals surface area (Å²) in [6.45, 7) is 2.23. The van der Waals surface area contributed by atoms with Gasteiger partial charge in [-0.25, -0.2) is 4.98 Å². The van der Waals surface area contributed by atoms with Crippen molar-refractivity contribution in [2.45, 2.75) is 18.9 Å². The van der Waals surface area contributed by atoms with Crippen LogP contribution in [-0.2, 0) is 4.74 Å². The zero-order chi connectivity index (χ0) is 13.6. The summed E-state index contributed by atoms with van der Waals surface area (Å²) >= 11 is 5.63. The van der Waals surface area contributed by atoms with Crippen molar-refractivity contribution in [1.82, 2.24) is 10.3 Å². The molecule has 1 unspecified atom stereocenters. The molecule has 2 N–H and O–H groups in total. The molecule has 0 spiro atoms. The number of hydrogen-bond donors (Lipinski definition) is 2. The van der Waals surface area contributed by atoms with E-state index < -0.39 is 5.60 Å². The van der Waals surface area contributed by atoms with E-state index in [0.29, 0.717) is 23.7 Å². The average Bonchev–Trinajstić information content (AvgIpc) is 2.35. The van der Waals surface area contributed by atoms with E-state index in [0.717, 1.165) is 0 Å². The lowest BCUT2D eigenvalue weighted by Gasteiger charge is -2.23. The normalized spacial score (nSPS) is 14.0. The van der Waals surface area contributed by atoms with Gasteiger partial charge in [0.1, 0.15) is 5.15 Å². The van der Waals surface area contributed by atoms with Gasteiger partial charge in [-0.05, 0) is 19.1 Å². The van der Waals surface area contributed by atoms with Gasteiger partial charge in [0, 0.05) is 32.9 Å². The standard InChI is InChI=1S/C12H17ClN2O3/c1-12(17,5-6-18-2)8-15-11(16)9-3-4-10(13)14-7-9/h3-4,7,17H,5-6,8H2,1-2H3,(H,15,16). The third-order valence-electron chi connectivity index (χ3n) is 2.46. The number of aromatic nitrogens is 1. The van der Waals surface area contributed by atoms with E-state index >= 15 is 0 Å². The number of methoxy groups -OCH3 is 1. The van der Waals surface area contributed by atoms with Gasteiger partial charge < -0.3 is 15.2 Å². The zero-order valence-electron chi connectivity index (χ0n) is 10.4. The van der Waals surface area contributed by atoms with Crippen molar-refractivity contribution in [3.63, 3.8) is 0 Å². The molecule has 0 aliphatic rings. The Hall–Kier alpha value is -1.17. The van der Waals surface area contributed by atoms with Gasteiger partial charge in [-0.3, -0.25) is 4.79 Å². The molecule has 0 radical (unpaired) electrons. The van der Waals surface area contributed by atoms with E-state index in [4.69, 9.17) is 16.3 Å². The summed E-state index contributed by atoms with van der Waals surface area (Å²) in [7, 11) is 1.56. The van der Waals surface area contributed by atoms with Gasteiger partial charge in [0.25, 0.3) is 5.91 Å². The number of nitrogens with zero attached hydrogens (tertiary/aromatic N) is 1. The molecule has 1 heterocycles. The number of amides is 1. The number of rotatable bonds is 6. The molecule has 0 saturated carbocycles. The molecular formula is C12H17ClN2O3. The highest BCUT2D eigenvalue weighted by molar-refractivity contribution is 6.29. The highest BCUT2D eigenvalue weighted by Crippen LogP contribution is 2.09. The van der Waals surface area contributed by atoms with E-state index in [1.54, 1.807) is 26.2 Å². The van der Waals surface area contributed by atoms with Crippen molar-refractivity contribution < 1.29 is 14.6 Å². The number of halogens is 1. The maximum atomic E-state index is 11.7. The fourth-order valence-corrected chi connectivity index (χ4v) is 1.41. The summed E-state index contributed by atoms with van der Waals surface area (Å²) in [5, 5.41) is 12.9. The summed E-state index contributed by atoms with van der Waals surface area (Å²) in [5.41, 5.74) is -0.590. The van der Waals surface area contributed by atoms with Crippen molar-refractivity contribution in [2.75, 3.05) is 20.3 Å². The topological polar surface area (TPSA) is 71.5 Å². The first-order valence-electron chi connectivity index (χ1n) is 5.56. The second-order valence-corrected chi connectivity index (χ2v) is 4.68. The lowest BCUT2D eigenvalue weighted by Crippen LogP contribution is -2.41. The van der Waals surface area contributed by atoms with Gasteiger partial charge >= 0.3 is 0 Å². The lowest BCUT2D eigenvalue weighted by atomic mass is 10.0. The molecule has 0 bridgehead atoms. The van der Waals surface area contributed by atoms with E-state index in [1.807, 2.05) is 0 Å². The number of hydrogen-bond acceptors (Lipinski definition) is 4. The smallest absolute Gasteiger partial charge is 0.252 e. The predicted molar refractivity (Wildman–Crippen MR) is 68.7 cm³/mol. The molecule has 5 nitrogen and oxygen atoms in total. The molecule has 0 fully saturated rings. The minimum absolute atomic E-state index is 0.151. The second-order valence-electron chi connectivity index (χ2n) is 4.29. The Balaban J connectivity index is 2.48. The summed E-state index contributed by atoms with van der Waals surface area (Å²) in [6.07, 6.45) is 1.84. The third-order valence-corrected chi connectivity index (χ3v) is 2.69. The molecule has 18 heavy (non-hydrogen) atoms. The van der Waals surface area contributed by atoms with E-state index in [1.165, 1.54) is 6.20 Å². The summed E-state index contributed by atoms with van der Waals surface area (Å²) in [5.74, 6) is -0.295. The van der Waals surface area contributed by atoms with Crippen LogP contribution in [-0.4, -0.2) is 41.9 Å². The van der Waals surface area contributed by atoms with Gasteiger partial charge in [-0.1, -0.05) is 11.6 Å². The molecule has 0 aliphatic carbocycles. The highest BCUT2D eigenvalue weighted by Gasteiger charge is 2.21. The Labute approximate surface area is 111 Å². The molecule has 1 amide bonds. The minimum Gasteiger partial charge on any atom is -0.388 e. The molecular weight excluding hydrogens is 256 g/mol. The van der Waals surface area contributed by atoms with E-state index in [2.05, 4.69) is 10.3 Å². The quantitative estimate of drug-likeness (QED) is 0.765. The largest absolute Gasteiger partial charge is 0.388 e. The molecule has 1 aromatic heterocycles. The average molecular weight is 273 g/mol. The monoisotopic (exact) mass is 272 g/mol. The van der Waals surface area contributed by atoms with Crippen LogP contribution in [0.4, 0.5) is 0 Å². The number of carbonyl (C=O) groups excluding carboxylic acids is 1. The van der Waals surface area contributed by atoms with Crippen LogP contribution in [0, 0.1) is 0 Å². The summed E-state index contributed by atoms with van der Waals surface area (Å²) in [6, 6.07) is 3.12. The zero-order valence-corrected chi connectivity index (χ0v) is 11.2. The Kier molecular flexibility index (Phi) is 5.53. The van der Waals surface area contributed by atoms with Crippen molar-refractivity contribution in [2.24, 2.45) is 0 Å². The van der Waals surface area contributed by atoms with E-state index in [-0.39, 0.29) is 12.5 Å². The Morgan fingerprint density at radius 1 is 1.61 bits per heavy atom. The van der Waals surface area contributed by atoms with Crippen molar-refractivity contribution in [1.29, 1.82) is 0 Å². The van der Waals surface area contributed by atoms with Crippen LogP contribution in [0.15, 0.2) is 18.3 Å². The maximum Gasteiger partial charge on any atom is 0.252 e.